The van der Waals surface area contributed by atoms with E-state index < -0.39 is 11.4 Å². The first-order valence-electron chi connectivity index (χ1n) is 6.23. The second-order valence-electron chi connectivity index (χ2n) is 5.15. The van der Waals surface area contributed by atoms with Gasteiger partial charge in [-0.25, -0.2) is 0 Å². The molecule has 0 heterocycles. The molecule has 19 heavy (non-hydrogen) atoms. The summed E-state index contributed by atoms with van der Waals surface area (Å²) in [5.74, 6) is -1.11. The number of aliphatic carboxylic acids is 1. The van der Waals surface area contributed by atoms with E-state index in [1.165, 1.54) is 0 Å². The molecule has 0 aromatic heterocycles. The van der Waals surface area contributed by atoms with Crippen LogP contribution in [0.25, 0.3) is 0 Å². The molecule has 2 rings (SSSR count). The third-order valence-electron chi connectivity index (χ3n) is 3.86. The van der Waals surface area contributed by atoms with Crippen LogP contribution in [0, 0.1) is 5.41 Å². The molecular weight excluding hydrogens is 266 g/mol. The summed E-state index contributed by atoms with van der Waals surface area (Å²) in [6, 6.07) is 6.21. The number of halogens is 1. The molecule has 1 aromatic rings. The molecule has 1 fully saturated rings. The molecule has 0 spiro atoms. The van der Waals surface area contributed by atoms with Crippen LogP contribution in [0.4, 0.5) is 0 Å². The SMILES string of the molecule is CC1(C(=O)O)CCCC1NC(=O)c1ccc(Cl)cc1. The summed E-state index contributed by atoms with van der Waals surface area (Å²) in [7, 11) is 0. The third kappa shape index (κ3) is 2.73. The minimum absolute atomic E-state index is 0.254. The monoisotopic (exact) mass is 281 g/mol. The molecule has 0 bridgehead atoms. The number of carboxylic acids is 1. The Kier molecular flexibility index (Phi) is 3.80. The number of hydrogen-bond donors (Lipinski definition) is 2. The Labute approximate surface area is 116 Å². The van der Waals surface area contributed by atoms with Crippen molar-refractivity contribution in [3.63, 3.8) is 0 Å². The lowest BCUT2D eigenvalue weighted by molar-refractivity contribution is -0.148. The van der Waals surface area contributed by atoms with E-state index in [0.29, 0.717) is 23.4 Å². The summed E-state index contributed by atoms with van der Waals surface area (Å²) >= 11 is 5.76. The number of amides is 1. The summed E-state index contributed by atoms with van der Waals surface area (Å²) in [6.07, 6.45) is 2.10. The highest BCUT2D eigenvalue weighted by Gasteiger charge is 2.45. The van der Waals surface area contributed by atoms with E-state index in [4.69, 9.17) is 11.6 Å². The van der Waals surface area contributed by atoms with Crippen LogP contribution in [0.5, 0.6) is 0 Å². The second kappa shape index (κ2) is 5.21. The largest absolute Gasteiger partial charge is 0.481 e. The van der Waals surface area contributed by atoms with Crippen molar-refractivity contribution in [2.75, 3.05) is 0 Å². The van der Waals surface area contributed by atoms with Crippen LogP contribution in [0.1, 0.15) is 36.5 Å². The second-order valence-corrected chi connectivity index (χ2v) is 5.58. The maximum absolute atomic E-state index is 12.1. The van der Waals surface area contributed by atoms with E-state index in [-0.39, 0.29) is 11.9 Å². The van der Waals surface area contributed by atoms with Crippen LogP contribution in [0.2, 0.25) is 5.02 Å². The lowest BCUT2D eigenvalue weighted by Crippen LogP contribution is -2.47. The lowest BCUT2D eigenvalue weighted by Gasteiger charge is -2.27. The van der Waals surface area contributed by atoms with Gasteiger partial charge in [0.2, 0.25) is 0 Å². The third-order valence-corrected chi connectivity index (χ3v) is 4.11. The van der Waals surface area contributed by atoms with Gasteiger partial charge in [-0.05, 0) is 44.0 Å². The van der Waals surface area contributed by atoms with Gasteiger partial charge >= 0.3 is 5.97 Å². The molecule has 0 radical (unpaired) electrons. The topological polar surface area (TPSA) is 66.4 Å². The van der Waals surface area contributed by atoms with Gasteiger partial charge in [-0.3, -0.25) is 9.59 Å². The molecule has 1 aliphatic carbocycles. The molecule has 0 saturated heterocycles. The van der Waals surface area contributed by atoms with Gasteiger partial charge in [-0.1, -0.05) is 18.0 Å². The number of rotatable bonds is 3. The quantitative estimate of drug-likeness (QED) is 0.895. The van der Waals surface area contributed by atoms with Gasteiger partial charge < -0.3 is 10.4 Å². The van der Waals surface area contributed by atoms with Gasteiger partial charge in [0.25, 0.3) is 5.91 Å². The van der Waals surface area contributed by atoms with Crippen LogP contribution < -0.4 is 5.32 Å². The fourth-order valence-corrected chi connectivity index (χ4v) is 2.62. The first-order valence-corrected chi connectivity index (χ1v) is 6.61. The Balaban J connectivity index is 2.10. The number of benzene rings is 1. The highest BCUT2D eigenvalue weighted by Crippen LogP contribution is 2.38. The summed E-state index contributed by atoms with van der Waals surface area (Å²) in [6.45, 7) is 1.69. The Bertz CT molecular complexity index is 500. The fourth-order valence-electron chi connectivity index (χ4n) is 2.50. The zero-order chi connectivity index (χ0) is 14.0. The Hall–Kier alpha value is -1.55. The molecule has 4 nitrogen and oxygen atoms in total. The van der Waals surface area contributed by atoms with Crippen LogP contribution in [-0.2, 0) is 4.79 Å². The average Bonchev–Trinajstić information content (AvgIpc) is 2.73. The Morgan fingerprint density at radius 2 is 2.00 bits per heavy atom. The number of hydrogen-bond acceptors (Lipinski definition) is 2. The first-order chi connectivity index (χ1) is 8.93. The number of nitrogens with one attached hydrogen (secondary N) is 1. The average molecular weight is 282 g/mol. The van der Waals surface area contributed by atoms with Gasteiger partial charge in [0.1, 0.15) is 0 Å². The van der Waals surface area contributed by atoms with Crippen molar-refractivity contribution in [2.45, 2.75) is 32.2 Å². The molecule has 2 N–H and O–H groups in total. The van der Waals surface area contributed by atoms with Crippen molar-refractivity contribution in [1.29, 1.82) is 0 Å². The van der Waals surface area contributed by atoms with E-state index in [9.17, 15) is 14.7 Å². The molecule has 5 heteroatoms. The number of carbonyl (C=O) groups excluding carboxylic acids is 1. The number of carboxylic acid groups (broad SMARTS) is 1. The van der Waals surface area contributed by atoms with Gasteiger partial charge in [-0.2, -0.15) is 0 Å². The van der Waals surface area contributed by atoms with Gasteiger partial charge in [0, 0.05) is 16.6 Å². The minimum Gasteiger partial charge on any atom is -0.481 e. The zero-order valence-electron chi connectivity index (χ0n) is 10.6. The number of carbonyl (C=O) groups is 2. The molecule has 1 aromatic carbocycles. The summed E-state index contributed by atoms with van der Waals surface area (Å²) in [4.78, 5) is 23.4. The molecule has 1 aliphatic rings. The zero-order valence-corrected chi connectivity index (χ0v) is 11.4. The predicted molar refractivity (Wildman–Crippen MR) is 72.3 cm³/mol. The summed E-state index contributed by atoms with van der Waals surface area (Å²) in [5.41, 5.74) is -0.383. The smallest absolute Gasteiger partial charge is 0.311 e. The molecule has 1 saturated carbocycles. The van der Waals surface area contributed by atoms with Gasteiger partial charge in [0.15, 0.2) is 0 Å². The Morgan fingerprint density at radius 3 is 2.58 bits per heavy atom. The molecule has 2 atom stereocenters. The van der Waals surface area contributed by atoms with E-state index in [2.05, 4.69) is 5.32 Å². The van der Waals surface area contributed by atoms with Gasteiger partial charge in [-0.15, -0.1) is 0 Å². The predicted octanol–water partition coefficient (Wildman–Crippen LogP) is 2.71. The molecule has 2 unspecified atom stereocenters. The first kappa shape index (κ1) is 13.9. The van der Waals surface area contributed by atoms with Gasteiger partial charge in [0.05, 0.1) is 5.41 Å². The normalized spacial score (nSPS) is 26.1. The van der Waals surface area contributed by atoms with Crippen LogP contribution in [0.3, 0.4) is 0 Å². The highest BCUT2D eigenvalue weighted by atomic mass is 35.5. The molecular formula is C14H16ClNO3. The van der Waals surface area contributed by atoms with Crippen LogP contribution >= 0.6 is 11.6 Å². The van der Waals surface area contributed by atoms with E-state index in [1.54, 1.807) is 31.2 Å². The summed E-state index contributed by atoms with van der Waals surface area (Å²) < 4.78 is 0. The Morgan fingerprint density at radius 1 is 1.37 bits per heavy atom. The van der Waals surface area contributed by atoms with E-state index >= 15 is 0 Å². The van der Waals surface area contributed by atoms with Crippen molar-refractivity contribution in [2.24, 2.45) is 5.41 Å². The summed E-state index contributed by atoms with van der Waals surface area (Å²) in [5, 5.41) is 12.7. The maximum Gasteiger partial charge on any atom is 0.311 e. The van der Waals surface area contributed by atoms with Crippen molar-refractivity contribution in [3.8, 4) is 0 Å². The standard InChI is InChI=1S/C14H16ClNO3/c1-14(13(18)19)8-2-3-11(14)16-12(17)9-4-6-10(15)7-5-9/h4-7,11H,2-3,8H2,1H3,(H,16,17)(H,18,19). The minimum atomic E-state index is -0.873. The van der Waals surface area contributed by atoms with Crippen LogP contribution in [-0.4, -0.2) is 23.0 Å². The highest BCUT2D eigenvalue weighted by molar-refractivity contribution is 6.30. The van der Waals surface area contributed by atoms with E-state index in [0.717, 1.165) is 6.42 Å². The van der Waals surface area contributed by atoms with E-state index in [1.807, 2.05) is 0 Å². The molecule has 102 valence electrons. The maximum atomic E-state index is 12.1. The van der Waals surface area contributed by atoms with Crippen molar-refractivity contribution >= 4 is 23.5 Å². The van der Waals surface area contributed by atoms with Crippen molar-refractivity contribution in [1.82, 2.24) is 5.32 Å². The molecule has 1 amide bonds. The molecule has 0 aliphatic heterocycles. The van der Waals surface area contributed by atoms with Crippen molar-refractivity contribution in [3.05, 3.63) is 34.9 Å². The fraction of sp³-hybridized carbons (Fsp3) is 0.429. The lowest BCUT2D eigenvalue weighted by atomic mass is 9.85. The van der Waals surface area contributed by atoms with Crippen molar-refractivity contribution < 1.29 is 14.7 Å². The van der Waals surface area contributed by atoms with Crippen LogP contribution in [0.15, 0.2) is 24.3 Å².